The second kappa shape index (κ2) is 5.27. The summed E-state index contributed by atoms with van der Waals surface area (Å²) < 4.78 is 0.910. The van der Waals surface area contributed by atoms with Gasteiger partial charge >= 0.3 is 0 Å². The van der Waals surface area contributed by atoms with Crippen LogP contribution in [-0.2, 0) is 4.79 Å². The number of carboxylic acid groups (broad SMARTS) is 1. The summed E-state index contributed by atoms with van der Waals surface area (Å²) in [6.45, 7) is 5.19. The molecule has 0 aliphatic carbocycles. The number of hydrogen-bond donors (Lipinski definition) is 2. The first-order valence-corrected chi connectivity index (χ1v) is 6.26. The van der Waals surface area contributed by atoms with Crippen LogP contribution in [0.2, 0.25) is 0 Å². The summed E-state index contributed by atoms with van der Waals surface area (Å²) >= 11 is 3.39. The van der Waals surface area contributed by atoms with Gasteiger partial charge in [-0.15, -0.1) is 0 Å². The number of fused-ring (bicyclic) bond motifs is 1. The third-order valence-corrected chi connectivity index (χ3v) is 2.99. The molecule has 0 fully saturated rings. The molecule has 0 spiro atoms. The minimum absolute atomic E-state index is 0.238. The van der Waals surface area contributed by atoms with Crippen molar-refractivity contribution >= 4 is 38.5 Å². The average Bonchev–Trinajstić information content (AvgIpc) is 2.36. The van der Waals surface area contributed by atoms with Gasteiger partial charge in [-0.3, -0.25) is 10.4 Å². The Labute approximate surface area is 118 Å². The molecule has 0 saturated heterocycles. The molecule has 1 heterocycles. The summed E-state index contributed by atoms with van der Waals surface area (Å²) in [6, 6.07) is 7.48. The zero-order valence-corrected chi connectivity index (χ0v) is 11.7. The molecule has 0 aliphatic heterocycles. The Balaban J connectivity index is 2.38. The topological polar surface area (TPSA) is 77.1 Å². The van der Waals surface area contributed by atoms with Crippen LogP contribution < -0.4 is 16.0 Å². The van der Waals surface area contributed by atoms with Crippen molar-refractivity contribution in [3.05, 3.63) is 46.7 Å². The molecule has 1 aromatic heterocycles. The molecule has 2 aromatic rings. The smallest absolute Gasteiger partial charge is 0.0886 e. The Morgan fingerprint density at radius 2 is 2.16 bits per heavy atom. The highest BCUT2D eigenvalue weighted by molar-refractivity contribution is 9.10. The normalized spacial score (nSPS) is 10.2. The Morgan fingerprint density at radius 1 is 1.42 bits per heavy atom. The van der Waals surface area contributed by atoms with E-state index in [9.17, 15) is 9.90 Å². The maximum Gasteiger partial charge on any atom is 0.0886 e. The predicted molar refractivity (Wildman–Crippen MR) is 75.1 cm³/mol. The zero-order valence-electron chi connectivity index (χ0n) is 10.2. The summed E-state index contributed by atoms with van der Waals surface area (Å²) in [7, 11) is 0. The molecular formula is C13H11BrN3O2-. The number of benzene rings is 1. The number of carbonyl (C=O) groups excluding carboxylic acids is 1. The van der Waals surface area contributed by atoms with Crippen LogP contribution in [0.1, 0.15) is 5.69 Å². The molecule has 0 radical (unpaired) electrons. The summed E-state index contributed by atoms with van der Waals surface area (Å²) in [5.74, 6) is -1.36. The van der Waals surface area contributed by atoms with E-state index >= 15 is 0 Å². The molecular weight excluding hydrogens is 310 g/mol. The lowest BCUT2D eigenvalue weighted by Gasteiger charge is -2.15. The van der Waals surface area contributed by atoms with Crippen molar-refractivity contribution in [1.29, 1.82) is 0 Å². The van der Waals surface area contributed by atoms with Gasteiger partial charge < -0.3 is 15.3 Å². The first kappa shape index (κ1) is 13.4. The SMILES string of the molecule is C=C(NNc1cc(C)nc2ccc(Br)cc12)C(=O)[O-]. The predicted octanol–water partition coefficient (Wildman–Crippen LogP) is 1.49. The van der Waals surface area contributed by atoms with E-state index < -0.39 is 5.97 Å². The highest BCUT2D eigenvalue weighted by atomic mass is 79.9. The van der Waals surface area contributed by atoms with Crippen LogP contribution in [-0.4, -0.2) is 11.0 Å². The van der Waals surface area contributed by atoms with Gasteiger partial charge in [-0.2, -0.15) is 0 Å². The van der Waals surface area contributed by atoms with Crippen LogP contribution in [0, 0.1) is 6.92 Å². The molecule has 0 atom stereocenters. The molecule has 0 saturated carbocycles. The first-order valence-electron chi connectivity index (χ1n) is 5.46. The quantitative estimate of drug-likeness (QED) is 0.659. The van der Waals surface area contributed by atoms with Crippen LogP contribution in [0.25, 0.3) is 10.9 Å². The van der Waals surface area contributed by atoms with Crippen molar-refractivity contribution in [2.24, 2.45) is 0 Å². The molecule has 2 N–H and O–H groups in total. The maximum absolute atomic E-state index is 10.6. The lowest BCUT2D eigenvalue weighted by atomic mass is 10.1. The zero-order chi connectivity index (χ0) is 14.0. The number of pyridine rings is 1. The van der Waals surface area contributed by atoms with Crippen LogP contribution in [0.5, 0.6) is 0 Å². The summed E-state index contributed by atoms with van der Waals surface area (Å²) in [6.07, 6.45) is 0. The summed E-state index contributed by atoms with van der Waals surface area (Å²) in [5, 5.41) is 11.4. The monoisotopic (exact) mass is 320 g/mol. The minimum Gasteiger partial charge on any atom is -0.543 e. The summed E-state index contributed by atoms with van der Waals surface area (Å²) in [4.78, 5) is 15.0. The van der Waals surface area contributed by atoms with Gasteiger partial charge in [-0.05, 0) is 31.2 Å². The number of aliphatic carboxylic acids is 1. The van der Waals surface area contributed by atoms with Crippen molar-refractivity contribution in [3.8, 4) is 0 Å². The largest absolute Gasteiger partial charge is 0.543 e. The number of nitrogens with one attached hydrogen (secondary N) is 2. The van der Waals surface area contributed by atoms with Crippen LogP contribution >= 0.6 is 15.9 Å². The molecule has 0 amide bonds. The van der Waals surface area contributed by atoms with Crippen molar-refractivity contribution in [1.82, 2.24) is 10.4 Å². The van der Waals surface area contributed by atoms with Gasteiger partial charge in [0.2, 0.25) is 0 Å². The van der Waals surface area contributed by atoms with E-state index in [1.54, 1.807) is 0 Å². The third kappa shape index (κ3) is 3.03. The Morgan fingerprint density at radius 3 is 2.84 bits per heavy atom. The number of hydrogen-bond acceptors (Lipinski definition) is 5. The van der Waals surface area contributed by atoms with E-state index in [0.29, 0.717) is 5.69 Å². The molecule has 5 nitrogen and oxygen atoms in total. The van der Waals surface area contributed by atoms with Gasteiger partial charge in [-0.25, -0.2) is 0 Å². The van der Waals surface area contributed by atoms with Gasteiger partial charge in [0.1, 0.15) is 0 Å². The number of hydrazine groups is 1. The number of halogens is 1. The van der Waals surface area contributed by atoms with E-state index in [4.69, 9.17) is 0 Å². The van der Waals surface area contributed by atoms with E-state index in [-0.39, 0.29) is 5.70 Å². The highest BCUT2D eigenvalue weighted by Crippen LogP contribution is 2.26. The molecule has 2 rings (SSSR count). The summed E-state index contributed by atoms with van der Waals surface area (Å²) in [5.41, 5.74) is 7.40. The van der Waals surface area contributed by atoms with E-state index in [1.807, 2.05) is 31.2 Å². The molecule has 0 bridgehead atoms. The average molecular weight is 321 g/mol. The van der Waals surface area contributed by atoms with E-state index in [0.717, 1.165) is 21.1 Å². The molecule has 0 unspecified atom stereocenters. The fraction of sp³-hybridized carbons (Fsp3) is 0.0769. The second-order valence-corrected chi connectivity index (χ2v) is 4.90. The molecule has 98 valence electrons. The van der Waals surface area contributed by atoms with Crippen molar-refractivity contribution in [2.75, 3.05) is 5.43 Å². The number of rotatable bonds is 4. The fourth-order valence-electron chi connectivity index (χ4n) is 1.63. The minimum atomic E-state index is -1.36. The van der Waals surface area contributed by atoms with Crippen LogP contribution in [0.4, 0.5) is 5.69 Å². The second-order valence-electron chi connectivity index (χ2n) is 3.99. The number of carbonyl (C=O) groups is 1. The Kier molecular flexibility index (Phi) is 3.71. The molecule has 1 aromatic carbocycles. The van der Waals surface area contributed by atoms with Gasteiger partial charge in [0.25, 0.3) is 0 Å². The number of nitrogens with zero attached hydrogens (tertiary/aromatic N) is 1. The number of carboxylic acids is 1. The number of aryl methyl sites for hydroxylation is 1. The van der Waals surface area contributed by atoms with Gasteiger partial charge in [0.05, 0.1) is 22.9 Å². The molecule has 19 heavy (non-hydrogen) atoms. The van der Waals surface area contributed by atoms with Crippen molar-refractivity contribution < 1.29 is 9.90 Å². The molecule has 6 heteroatoms. The fourth-order valence-corrected chi connectivity index (χ4v) is 1.99. The van der Waals surface area contributed by atoms with Crippen LogP contribution in [0.3, 0.4) is 0 Å². The van der Waals surface area contributed by atoms with Gasteiger partial charge in [-0.1, -0.05) is 22.5 Å². The number of aromatic nitrogens is 1. The van der Waals surface area contributed by atoms with Crippen molar-refractivity contribution in [2.45, 2.75) is 6.92 Å². The number of anilines is 1. The molecule has 0 aliphatic rings. The maximum atomic E-state index is 10.6. The Hall–Kier alpha value is -2.08. The lowest BCUT2D eigenvalue weighted by molar-refractivity contribution is -0.299. The van der Waals surface area contributed by atoms with E-state index in [2.05, 4.69) is 38.3 Å². The van der Waals surface area contributed by atoms with Crippen molar-refractivity contribution in [3.63, 3.8) is 0 Å². The lowest BCUT2D eigenvalue weighted by Crippen LogP contribution is -2.34. The first-order chi connectivity index (χ1) is 8.97. The highest BCUT2D eigenvalue weighted by Gasteiger charge is 2.05. The standard InChI is InChI=1S/C13H12BrN3O2/c1-7-5-12(17-16-8(2)13(18)19)10-6-9(14)3-4-11(10)15-7/h3-6,16H,2H2,1H3,(H,15,17)(H,18,19)/p-1. The van der Waals surface area contributed by atoms with Gasteiger partial charge in [0.15, 0.2) is 0 Å². The van der Waals surface area contributed by atoms with E-state index in [1.165, 1.54) is 0 Å². The van der Waals surface area contributed by atoms with Gasteiger partial charge in [0, 0.05) is 15.6 Å². The van der Waals surface area contributed by atoms with Crippen LogP contribution in [0.15, 0.2) is 41.0 Å². The Bertz CT molecular complexity index is 670. The third-order valence-electron chi connectivity index (χ3n) is 2.49.